The van der Waals surface area contributed by atoms with Crippen molar-refractivity contribution in [1.82, 2.24) is 0 Å². The standard InChI is InChI=1S/C16H14BrN3O3/c17-14-3-1-2-13(10-4-5-10)15(14)19-16(21)18-11-6-8-12(9-7-11)20(22)23/h1-3,6-10H,4-5H2,(H2,18,19,21). The number of amides is 2. The molecule has 0 spiro atoms. The van der Waals surface area contributed by atoms with E-state index in [1.165, 1.54) is 24.3 Å². The molecule has 0 aromatic heterocycles. The van der Waals surface area contributed by atoms with E-state index in [0.717, 1.165) is 28.6 Å². The van der Waals surface area contributed by atoms with E-state index in [1.807, 2.05) is 18.2 Å². The van der Waals surface area contributed by atoms with Gasteiger partial charge in [-0.1, -0.05) is 12.1 Å². The lowest BCUT2D eigenvalue weighted by Crippen LogP contribution is -2.20. The molecular formula is C16H14BrN3O3. The van der Waals surface area contributed by atoms with Gasteiger partial charge in [0, 0.05) is 22.3 Å². The molecule has 23 heavy (non-hydrogen) atoms. The van der Waals surface area contributed by atoms with Crippen LogP contribution in [0.25, 0.3) is 0 Å². The highest BCUT2D eigenvalue weighted by Crippen LogP contribution is 2.45. The first-order chi connectivity index (χ1) is 11.0. The van der Waals surface area contributed by atoms with Crippen molar-refractivity contribution in [3.8, 4) is 0 Å². The molecule has 2 amide bonds. The highest BCUT2D eigenvalue weighted by molar-refractivity contribution is 9.10. The summed E-state index contributed by atoms with van der Waals surface area (Å²) in [5, 5.41) is 16.2. The van der Waals surface area contributed by atoms with Gasteiger partial charge in [0.2, 0.25) is 0 Å². The fourth-order valence-corrected chi connectivity index (χ4v) is 2.83. The van der Waals surface area contributed by atoms with Crippen molar-refractivity contribution in [1.29, 1.82) is 0 Å². The quantitative estimate of drug-likeness (QED) is 0.589. The maximum atomic E-state index is 12.2. The van der Waals surface area contributed by atoms with Crippen LogP contribution in [0.3, 0.4) is 0 Å². The zero-order chi connectivity index (χ0) is 16.4. The van der Waals surface area contributed by atoms with Gasteiger partial charge in [0.05, 0.1) is 10.6 Å². The van der Waals surface area contributed by atoms with Gasteiger partial charge in [-0.2, -0.15) is 0 Å². The van der Waals surface area contributed by atoms with Gasteiger partial charge in [-0.25, -0.2) is 4.79 Å². The second-order valence-corrected chi connectivity index (χ2v) is 6.22. The van der Waals surface area contributed by atoms with Crippen LogP contribution in [0.2, 0.25) is 0 Å². The third-order valence-corrected chi connectivity index (χ3v) is 4.30. The van der Waals surface area contributed by atoms with Crippen LogP contribution >= 0.6 is 15.9 Å². The summed E-state index contributed by atoms with van der Waals surface area (Å²) < 4.78 is 0.834. The van der Waals surface area contributed by atoms with Crippen LogP contribution in [0.1, 0.15) is 24.3 Å². The first-order valence-corrected chi connectivity index (χ1v) is 7.95. The molecular weight excluding hydrogens is 362 g/mol. The average molecular weight is 376 g/mol. The molecule has 2 N–H and O–H groups in total. The molecule has 2 aromatic carbocycles. The lowest BCUT2D eigenvalue weighted by molar-refractivity contribution is -0.384. The number of hydrogen-bond acceptors (Lipinski definition) is 3. The number of rotatable bonds is 4. The van der Waals surface area contributed by atoms with E-state index >= 15 is 0 Å². The fourth-order valence-electron chi connectivity index (χ4n) is 2.35. The number of non-ortho nitro benzene ring substituents is 1. The van der Waals surface area contributed by atoms with Gasteiger partial charge < -0.3 is 10.6 Å². The molecule has 3 rings (SSSR count). The predicted octanol–water partition coefficient (Wildman–Crippen LogP) is 4.88. The third-order valence-electron chi connectivity index (χ3n) is 3.64. The first-order valence-electron chi connectivity index (χ1n) is 7.15. The van der Waals surface area contributed by atoms with Crippen LogP contribution < -0.4 is 10.6 Å². The summed E-state index contributed by atoms with van der Waals surface area (Å²) in [6, 6.07) is 11.2. The van der Waals surface area contributed by atoms with Crippen molar-refractivity contribution in [2.75, 3.05) is 10.6 Å². The van der Waals surface area contributed by atoms with Crippen molar-refractivity contribution in [3.05, 3.63) is 62.6 Å². The van der Waals surface area contributed by atoms with Gasteiger partial charge in [-0.05, 0) is 58.5 Å². The molecule has 1 saturated carbocycles. The number of nitro benzene ring substituents is 1. The Kier molecular flexibility index (Phi) is 4.29. The largest absolute Gasteiger partial charge is 0.323 e. The lowest BCUT2D eigenvalue weighted by atomic mass is 10.1. The molecule has 0 bridgehead atoms. The zero-order valence-electron chi connectivity index (χ0n) is 12.1. The average Bonchev–Trinajstić information content (AvgIpc) is 3.34. The number of hydrogen-bond donors (Lipinski definition) is 2. The molecule has 0 aliphatic heterocycles. The van der Waals surface area contributed by atoms with Gasteiger partial charge in [0.1, 0.15) is 0 Å². The van der Waals surface area contributed by atoms with Crippen LogP contribution in [-0.2, 0) is 0 Å². The molecule has 0 heterocycles. The maximum Gasteiger partial charge on any atom is 0.323 e. The van der Waals surface area contributed by atoms with E-state index in [-0.39, 0.29) is 11.7 Å². The molecule has 0 radical (unpaired) electrons. The Morgan fingerprint density at radius 3 is 2.43 bits per heavy atom. The predicted molar refractivity (Wildman–Crippen MR) is 91.9 cm³/mol. The molecule has 0 saturated heterocycles. The lowest BCUT2D eigenvalue weighted by Gasteiger charge is -2.13. The highest BCUT2D eigenvalue weighted by Gasteiger charge is 2.27. The molecule has 0 unspecified atom stereocenters. The fraction of sp³-hybridized carbons (Fsp3) is 0.188. The second-order valence-electron chi connectivity index (χ2n) is 5.36. The number of carbonyl (C=O) groups is 1. The number of nitrogens with one attached hydrogen (secondary N) is 2. The van der Waals surface area contributed by atoms with Gasteiger partial charge in [0.15, 0.2) is 0 Å². The summed E-state index contributed by atoms with van der Waals surface area (Å²) in [5.74, 6) is 0.502. The number of benzene rings is 2. The normalized spacial score (nSPS) is 13.4. The number of carbonyl (C=O) groups excluding carboxylic acids is 1. The van der Waals surface area contributed by atoms with E-state index in [0.29, 0.717) is 11.6 Å². The molecule has 1 aliphatic carbocycles. The molecule has 118 valence electrons. The van der Waals surface area contributed by atoms with Crippen LogP contribution in [0, 0.1) is 10.1 Å². The molecule has 2 aromatic rings. The van der Waals surface area contributed by atoms with Gasteiger partial charge in [-0.15, -0.1) is 0 Å². The van der Waals surface area contributed by atoms with Crippen molar-refractivity contribution < 1.29 is 9.72 Å². The zero-order valence-corrected chi connectivity index (χ0v) is 13.7. The number of nitrogens with zero attached hydrogens (tertiary/aromatic N) is 1. The van der Waals surface area contributed by atoms with E-state index < -0.39 is 4.92 Å². The SMILES string of the molecule is O=C(Nc1ccc([N+](=O)[O-])cc1)Nc1c(Br)cccc1C1CC1. The Balaban J connectivity index is 1.71. The van der Waals surface area contributed by atoms with E-state index in [1.54, 1.807) is 0 Å². The number of urea groups is 1. The smallest absolute Gasteiger partial charge is 0.308 e. The monoisotopic (exact) mass is 375 g/mol. The van der Waals surface area contributed by atoms with Gasteiger partial charge >= 0.3 is 6.03 Å². The van der Waals surface area contributed by atoms with E-state index in [4.69, 9.17) is 0 Å². The highest BCUT2D eigenvalue weighted by atomic mass is 79.9. The van der Waals surface area contributed by atoms with E-state index in [9.17, 15) is 14.9 Å². The van der Waals surface area contributed by atoms with Crippen LogP contribution in [0.15, 0.2) is 46.9 Å². The minimum atomic E-state index is -0.479. The molecule has 7 heteroatoms. The summed E-state index contributed by atoms with van der Waals surface area (Å²) in [7, 11) is 0. The summed E-state index contributed by atoms with van der Waals surface area (Å²) in [4.78, 5) is 22.3. The second kappa shape index (κ2) is 6.37. The van der Waals surface area contributed by atoms with Crippen molar-refractivity contribution in [2.24, 2.45) is 0 Å². The number of nitro groups is 1. The van der Waals surface area contributed by atoms with E-state index in [2.05, 4.69) is 26.6 Å². The first kappa shape index (κ1) is 15.5. The van der Waals surface area contributed by atoms with Crippen LogP contribution in [0.4, 0.5) is 21.9 Å². The minimum absolute atomic E-state index is 0.0159. The Morgan fingerprint density at radius 1 is 1.13 bits per heavy atom. The summed E-state index contributed by atoms with van der Waals surface area (Å²) >= 11 is 3.47. The Hall–Kier alpha value is -2.41. The van der Waals surface area contributed by atoms with Crippen LogP contribution in [0.5, 0.6) is 0 Å². The molecule has 1 aliphatic rings. The molecule has 0 atom stereocenters. The maximum absolute atomic E-state index is 12.2. The topological polar surface area (TPSA) is 84.3 Å². The van der Waals surface area contributed by atoms with Gasteiger partial charge in [-0.3, -0.25) is 10.1 Å². The van der Waals surface area contributed by atoms with Crippen molar-refractivity contribution >= 4 is 39.0 Å². The molecule has 6 nitrogen and oxygen atoms in total. The van der Waals surface area contributed by atoms with Crippen molar-refractivity contribution in [2.45, 2.75) is 18.8 Å². The van der Waals surface area contributed by atoms with Gasteiger partial charge in [0.25, 0.3) is 5.69 Å². The third kappa shape index (κ3) is 3.68. The van der Waals surface area contributed by atoms with Crippen molar-refractivity contribution in [3.63, 3.8) is 0 Å². The molecule has 1 fully saturated rings. The number of anilines is 2. The summed E-state index contributed by atoms with van der Waals surface area (Å²) in [6.45, 7) is 0. The van der Waals surface area contributed by atoms with Crippen LogP contribution in [-0.4, -0.2) is 11.0 Å². The summed E-state index contributed by atoms with van der Waals surface area (Å²) in [6.07, 6.45) is 2.27. The number of para-hydroxylation sites is 1. The Morgan fingerprint density at radius 2 is 1.83 bits per heavy atom. The number of halogens is 1. The Labute approximate surface area is 141 Å². The summed E-state index contributed by atoms with van der Waals surface area (Å²) in [5.41, 5.74) is 2.37. The minimum Gasteiger partial charge on any atom is -0.308 e. The Bertz CT molecular complexity index is 758.